The van der Waals surface area contributed by atoms with Crippen molar-refractivity contribution in [3.05, 3.63) is 54.1 Å². The molecule has 7 nitrogen and oxygen atoms in total. The van der Waals surface area contributed by atoms with Crippen LogP contribution < -0.4 is 20.1 Å². The number of ether oxygens (including phenoxy) is 2. The van der Waals surface area contributed by atoms with Crippen molar-refractivity contribution < 1.29 is 19.4 Å². The molecule has 2 aromatic rings. The molecule has 2 aromatic carbocycles. The summed E-state index contributed by atoms with van der Waals surface area (Å²) in [7, 11) is 5.56. The van der Waals surface area contributed by atoms with Crippen molar-refractivity contribution in [1.82, 2.24) is 10.2 Å². The average Bonchev–Trinajstić information content (AvgIpc) is 2.71. The number of hydrogen-bond donors (Lipinski definition) is 3. The maximum Gasteiger partial charge on any atom is 0.319 e. The van der Waals surface area contributed by atoms with E-state index in [0.717, 1.165) is 5.56 Å². The van der Waals surface area contributed by atoms with Crippen LogP contribution in [0.1, 0.15) is 25.5 Å². The van der Waals surface area contributed by atoms with E-state index < -0.39 is 12.1 Å². The van der Waals surface area contributed by atoms with E-state index in [-0.39, 0.29) is 12.1 Å². The molecular weight excluding hydrogens is 370 g/mol. The van der Waals surface area contributed by atoms with Crippen molar-refractivity contribution >= 4 is 11.7 Å². The molecule has 3 N–H and O–H groups in total. The van der Waals surface area contributed by atoms with Gasteiger partial charge >= 0.3 is 6.03 Å². The highest BCUT2D eigenvalue weighted by Crippen LogP contribution is 2.31. The maximum atomic E-state index is 12.4. The summed E-state index contributed by atoms with van der Waals surface area (Å²) in [5, 5.41) is 15.2. The molecule has 7 heteroatoms. The van der Waals surface area contributed by atoms with Gasteiger partial charge < -0.3 is 30.1 Å². The number of nitrogens with zero attached hydrogens (tertiary/aromatic N) is 1. The van der Waals surface area contributed by atoms with Crippen molar-refractivity contribution in [2.24, 2.45) is 0 Å². The van der Waals surface area contributed by atoms with E-state index in [1.807, 2.05) is 44.4 Å². The lowest BCUT2D eigenvalue weighted by molar-refractivity contribution is 0.112. The summed E-state index contributed by atoms with van der Waals surface area (Å²) in [4.78, 5) is 14.5. The van der Waals surface area contributed by atoms with E-state index in [4.69, 9.17) is 9.47 Å². The summed E-state index contributed by atoms with van der Waals surface area (Å²) >= 11 is 0. The summed E-state index contributed by atoms with van der Waals surface area (Å²) in [5.41, 5.74) is 1.22. The second-order valence-electron chi connectivity index (χ2n) is 7.61. The minimum absolute atomic E-state index is 0.171. The summed E-state index contributed by atoms with van der Waals surface area (Å²) < 4.78 is 11.3. The number of benzene rings is 2. The predicted octanol–water partition coefficient (Wildman–Crippen LogP) is 3.27. The van der Waals surface area contributed by atoms with Crippen molar-refractivity contribution in [1.29, 1.82) is 0 Å². The fraction of sp³-hybridized carbons (Fsp3) is 0.409. The number of amides is 2. The number of nitrogens with one attached hydrogen (secondary N) is 2. The average molecular weight is 402 g/mol. The van der Waals surface area contributed by atoms with Gasteiger partial charge in [-0.25, -0.2) is 4.79 Å². The number of anilines is 1. The van der Waals surface area contributed by atoms with Crippen LogP contribution in [0.3, 0.4) is 0 Å². The lowest BCUT2D eigenvalue weighted by atomic mass is 10.1. The molecule has 0 aromatic heterocycles. The zero-order chi connectivity index (χ0) is 21.4. The first-order valence-corrected chi connectivity index (χ1v) is 9.48. The van der Waals surface area contributed by atoms with Crippen LogP contribution >= 0.6 is 0 Å². The topological polar surface area (TPSA) is 83.1 Å². The maximum absolute atomic E-state index is 12.4. The minimum atomic E-state index is -0.494. The third kappa shape index (κ3) is 6.37. The molecule has 0 saturated carbocycles. The van der Waals surface area contributed by atoms with Gasteiger partial charge in [0.05, 0.1) is 19.8 Å². The van der Waals surface area contributed by atoms with Crippen LogP contribution in [0.25, 0.3) is 0 Å². The highest BCUT2D eigenvalue weighted by molar-refractivity contribution is 5.90. The Labute approximate surface area is 172 Å². The number of aliphatic hydroxyl groups excluding tert-OH is 1. The first-order valence-electron chi connectivity index (χ1n) is 9.48. The predicted molar refractivity (Wildman–Crippen MR) is 115 cm³/mol. The molecule has 2 amide bonds. The van der Waals surface area contributed by atoms with Gasteiger partial charge in [-0.1, -0.05) is 30.3 Å². The number of hydrogen-bond acceptors (Lipinski definition) is 5. The Hall–Kier alpha value is -2.77. The standard InChI is InChI=1S/C22H31N3O4/c1-22(2,25(3)4)15-29-20-13-17(11-12-19(20)28-5)23-21(27)24-18(14-26)16-9-7-6-8-10-16/h6-13,18,26H,14-15H2,1-5H3,(H2,23,24,27)/t18-/m0/s1. The van der Waals surface area contributed by atoms with E-state index in [1.165, 1.54) is 0 Å². The molecule has 0 unspecified atom stereocenters. The van der Waals surface area contributed by atoms with Crippen molar-refractivity contribution in [2.45, 2.75) is 25.4 Å². The lowest BCUT2D eigenvalue weighted by Crippen LogP contribution is -2.43. The molecule has 0 fully saturated rings. The largest absolute Gasteiger partial charge is 0.493 e. The van der Waals surface area contributed by atoms with Gasteiger partial charge in [0.2, 0.25) is 0 Å². The second kappa shape index (κ2) is 10.1. The Morgan fingerprint density at radius 2 is 1.83 bits per heavy atom. The lowest BCUT2D eigenvalue weighted by Gasteiger charge is -2.32. The van der Waals surface area contributed by atoms with Crippen LogP contribution in [0.15, 0.2) is 48.5 Å². The van der Waals surface area contributed by atoms with E-state index in [9.17, 15) is 9.90 Å². The van der Waals surface area contributed by atoms with Crippen LogP contribution in [0, 0.1) is 0 Å². The molecule has 0 bridgehead atoms. The fourth-order valence-corrected chi connectivity index (χ4v) is 2.50. The number of carbonyl (C=O) groups is 1. The molecule has 0 spiro atoms. The molecule has 0 heterocycles. The Morgan fingerprint density at radius 1 is 1.14 bits per heavy atom. The summed E-state index contributed by atoms with van der Waals surface area (Å²) in [6.07, 6.45) is 0. The second-order valence-corrected chi connectivity index (χ2v) is 7.61. The van der Waals surface area contributed by atoms with Crippen molar-refractivity contribution in [3.8, 4) is 11.5 Å². The molecule has 0 radical (unpaired) electrons. The van der Waals surface area contributed by atoms with Gasteiger partial charge in [0.25, 0.3) is 0 Å². The van der Waals surface area contributed by atoms with Crippen molar-refractivity contribution in [3.63, 3.8) is 0 Å². The van der Waals surface area contributed by atoms with Crippen LogP contribution in [-0.2, 0) is 0 Å². The number of urea groups is 1. The Bertz CT molecular complexity index is 794. The zero-order valence-corrected chi connectivity index (χ0v) is 17.7. The smallest absolute Gasteiger partial charge is 0.319 e. The van der Waals surface area contributed by atoms with Gasteiger partial charge in [-0.2, -0.15) is 0 Å². The van der Waals surface area contributed by atoms with E-state index in [2.05, 4.69) is 29.4 Å². The van der Waals surface area contributed by atoms with Crippen LogP contribution in [0.2, 0.25) is 0 Å². The van der Waals surface area contributed by atoms with E-state index >= 15 is 0 Å². The van der Waals surface area contributed by atoms with Gasteiger partial charge in [0, 0.05) is 17.3 Å². The van der Waals surface area contributed by atoms with Gasteiger partial charge in [-0.3, -0.25) is 0 Å². The monoisotopic (exact) mass is 401 g/mol. The summed E-state index contributed by atoms with van der Waals surface area (Å²) in [5.74, 6) is 1.13. The van der Waals surface area contributed by atoms with Gasteiger partial charge in [0.15, 0.2) is 11.5 Å². The summed E-state index contributed by atoms with van der Waals surface area (Å²) in [6, 6.07) is 13.6. The third-order valence-electron chi connectivity index (χ3n) is 4.90. The number of carbonyl (C=O) groups excluding carboxylic acids is 1. The fourth-order valence-electron chi connectivity index (χ4n) is 2.50. The molecule has 29 heavy (non-hydrogen) atoms. The molecule has 1 atom stereocenters. The van der Waals surface area contributed by atoms with Crippen molar-refractivity contribution in [2.75, 3.05) is 39.7 Å². The Balaban J connectivity index is 2.07. The van der Waals surface area contributed by atoms with Gasteiger partial charge in [-0.05, 0) is 45.6 Å². The SMILES string of the molecule is COc1ccc(NC(=O)N[C@@H](CO)c2ccccc2)cc1OCC(C)(C)N(C)C. The first kappa shape index (κ1) is 22.5. The highest BCUT2D eigenvalue weighted by atomic mass is 16.5. The number of likely N-dealkylation sites (N-methyl/N-ethyl adjacent to an activating group) is 1. The third-order valence-corrected chi connectivity index (χ3v) is 4.90. The normalized spacial score (nSPS) is 12.4. The Kier molecular flexibility index (Phi) is 7.87. The highest BCUT2D eigenvalue weighted by Gasteiger charge is 2.22. The van der Waals surface area contributed by atoms with E-state index in [0.29, 0.717) is 23.8 Å². The number of aliphatic hydroxyl groups is 1. The summed E-state index contributed by atoms with van der Waals surface area (Å²) in [6.45, 7) is 4.40. The molecule has 0 aliphatic carbocycles. The molecule has 158 valence electrons. The first-order chi connectivity index (χ1) is 13.8. The Morgan fingerprint density at radius 3 is 2.41 bits per heavy atom. The zero-order valence-electron chi connectivity index (χ0n) is 17.7. The number of rotatable bonds is 9. The van der Waals surface area contributed by atoms with Crippen LogP contribution in [0.5, 0.6) is 11.5 Å². The molecular formula is C22H31N3O4. The number of methoxy groups -OCH3 is 1. The van der Waals surface area contributed by atoms with Crippen LogP contribution in [0.4, 0.5) is 10.5 Å². The molecule has 0 aliphatic heterocycles. The molecule has 0 saturated heterocycles. The molecule has 0 aliphatic rings. The molecule has 2 rings (SSSR count). The minimum Gasteiger partial charge on any atom is -0.493 e. The van der Waals surface area contributed by atoms with Gasteiger partial charge in [0.1, 0.15) is 6.61 Å². The van der Waals surface area contributed by atoms with Gasteiger partial charge in [-0.15, -0.1) is 0 Å². The van der Waals surface area contributed by atoms with Crippen LogP contribution in [-0.4, -0.2) is 56.0 Å². The quantitative estimate of drug-likeness (QED) is 0.601. The van der Waals surface area contributed by atoms with E-state index in [1.54, 1.807) is 25.3 Å².